The third-order valence-electron chi connectivity index (χ3n) is 1.59. The molecule has 1 aliphatic rings. The van der Waals surface area contributed by atoms with Gasteiger partial charge in [-0.1, -0.05) is 6.08 Å². The zero-order valence-corrected chi connectivity index (χ0v) is 6.15. The van der Waals surface area contributed by atoms with Crippen molar-refractivity contribution in [3.05, 3.63) is 11.8 Å². The van der Waals surface area contributed by atoms with Crippen LogP contribution in [0.1, 0.15) is 13.3 Å². The van der Waals surface area contributed by atoms with Crippen LogP contribution in [0.5, 0.6) is 0 Å². The SMILES string of the molecule is CC1=CCCN(C)CN1. The summed E-state index contributed by atoms with van der Waals surface area (Å²) in [4.78, 5) is 2.27. The van der Waals surface area contributed by atoms with Crippen molar-refractivity contribution in [2.45, 2.75) is 13.3 Å². The highest BCUT2D eigenvalue weighted by atomic mass is 15.2. The molecule has 1 rings (SSSR count). The number of hydrogen-bond donors (Lipinski definition) is 1. The zero-order valence-electron chi connectivity index (χ0n) is 6.15. The topological polar surface area (TPSA) is 15.3 Å². The van der Waals surface area contributed by atoms with Crippen LogP contribution in [0, 0.1) is 0 Å². The average molecular weight is 126 g/mol. The Morgan fingerprint density at radius 3 is 3.22 bits per heavy atom. The summed E-state index contributed by atoms with van der Waals surface area (Å²) < 4.78 is 0. The summed E-state index contributed by atoms with van der Waals surface area (Å²) >= 11 is 0. The largest absolute Gasteiger partial charge is 0.376 e. The Hall–Kier alpha value is -0.500. The van der Waals surface area contributed by atoms with E-state index in [2.05, 4.69) is 30.3 Å². The summed E-state index contributed by atoms with van der Waals surface area (Å²) in [6, 6.07) is 0. The molecule has 0 aromatic heterocycles. The van der Waals surface area contributed by atoms with Gasteiger partial charge in [-0.25, -0.2) is 0 Å². The Morgan fingerprint density at radius 2 is 2.44 bits per heavy atom. The zero-order chi connectivity index (χ0) is 6.69. The second-order valence-corrected chi connectivity index (χ2v) is 2.59. The van der Waals surface area contributed by atoms with E-state index in [-0.39, 0.29) is 0 Å². The molecule has 0 aromatic carbocycles. The Morgan fingerprint density at radius 1 is 1.67 bits per heavy atom. The molecule has 2 heteroatoms. The maximum Gasteiger partial charge on any atom is 0.0672 e. The Labute approximate surface area is 56.5 Å². The Bertz CT molecular complexity index is 118. The van der Waals surface area contributed by atoms with Gasteiger partial charge < -0.3 is 5.32 Å². The molecule has 0 saturated heterocycles. The minimum atomic E-state index is 0.988. The van der Waals surface area contributed by atoms with Crippen molar-refractivity contribution in [1.29, 1.82) is 0 Å². The van der Waals surface area contributed by atoms with Crippen molar-refractivity contribution >= 4 is 0 Å². The van der Waals surface area contributed by atoms with E-state index < -0.39 is 0 Å². The molecular weight excluding hydrogens is 112 g/mol. The number of rotatable bonds is 0. The monoisotopic (exact) mass is 126 g/mol. The molecule has 0 aromatic rings. The van der Waals surface area contributed by atoms with Crippen LogP contribution in [0.3, 0.4) is 0 Å². The minimum absolute atomic E-state index is 0.988. The van der Waals surface area contributed by atoms with E-state index >= 15 is 0 Å². The molecule has 0 atom stereocenters. The number of hydrogen-bond acceptors (Lipinski definition) is 2. The van der Waals surface area contributed by atoms with Crippen molar-refractivity contribution in [3.8, 4) is 0 Å². The van der Waals surface area contributed by atoms with E-state index in [4.69, 9.17) is 0 Å². The van der Waals surface area contributed by atoms with Gasteiger partial charge in [0, 0.05) is 12.2 Å². The van der Waals surface area contributed by atoms with Gasteiger partial charge in [-0.2, -0.15) is 0 Å². The fourth-order valence-electron chi connectivity index (χ4n) is 0.912. The number of nitrogens with zero attached hydrogens (tertiary/aromatic N) is 1. The molecule has 0 bridgehead atoms. The van der Waals surface area contributed by atoms with Gasteiger partial charge in [-0.3, -0.25) is 4.90 Å². The summed E-state index contributed by atoms with van der Waals surface area (Å²) in [6.07, 6.45) is 3.42. The molecule has 52 valence electrons. The maximum absolute atomic E-state index is 3.28. The summed E-state index contributed by atoms with van der Waals surface area (Å²) in [7, 11) is 2.12. The van der Waals surface area contributed by atoms with Crippen LogP contribution >= 0.6 is 0 Å². The molecule has 9 heavy (non-hydrogen) atoms. The maximum atomic E-state index is 3.28. The van der Waals surface area contributed by atoms with E-state index in [0.29, 0.717) is 0 Å². The molecule has 0 aliphatic carbocycles. The Kier molecular flexibility index (Phi) is 2.11. The molecular formula is C7H14N2. The number of allylic oxidation sites excluding steroid dienone is 1. The van der Waals surface area contributed by atoms with Crippen LogP contribution in [0.25, 0.3) is 0 Å². The van der Waals surface area contributed by atoms with Gasteiger partial charge in [0.15, 0.2) is 0 Å². The van der Waals surface area contributed by atoms with E-state index in [9.17, 15) is 0 Å². The predicted octanol–water partition coefficient (Wildman–Crippen LogP) is 0.773. The Balaban J connectivity index is 2.39. The van der Waals surface area contributed by atoms with Crippen molar-refractivity contribution in [2.24, 2.45) is 0 Å². The van der Waals surface area contributed by atoms with Crippen molar-refractivity contribution < 1.29 is 0 Å². The van der Waals surface area contributed by atoms with E-state index in [1.54, 1.807) is 0 Å². The molecule has 0 spiro atoms. The van der Waals surface area contributed by atoms with Gasteiger partial charge in [-0.05, 0) is 20.4 Å². The lowest BCUT2D eigenvalue weighted by molar-refractivity contribution is 0.334. The van der Waals surface area contributed by atoms with E-state index in [1.807, 2.05) is 0 Å². The predicted molar refractivity (Wildman–Crippen MR) is 39.0 cm³/mol. The molecule has 2 nitrogen and oxygen atoms in total. The third kappa shape index (κ3) is 2.06. The van der Waals surface area contributed by atoms with Crippen LogP contribution in [0.4, 0.5) is 0 Å². The van der Waals surface area contributed by atoms with Gasteiger partial charge in [0.2, 0.25) is 0 Å². The highest BCUT2D eigenvalue weighted by Crippen LogP contribution is 1.97. The van der Waals surface area contributed by atoms with Gasteiger partial charge in [0.1, 0.15) is 0 Å². The summed E-state index contributed by atoms with van der Waals surface area (Å²) in [5, 5.41) is 3.28. The third-order valence-corrected chi connectivity index (χ3v) is 1.59. The van der Waals surface area contributed by atoms with Crippen molar-refractivity contribution in [2.75, 3.05) is 20.3 Å². The fraction of sp³-hybridized carbons (Fsp3) is 0.714. The van der Waals surface area contributed by atoms with Crippen LogP contribution in [-0.2, 0) is 0 Å². The van der Waals surface area contributed by atoms with E-state index in [1.165, 1.54) is 18.7 Å². The van der Waals surface area contributed by atoms with Gasteiger partial charge in [0.25, 0.3) is 0 Å². The average Bonchev–Trinajstić information content (AvgIpc) is 1.97. The molecule has 0 radical (unpaired) electrons. The molecule has 1 heterocycles. The first-order valence-corrected chi connectivity index (χ1v) is 3.38. The van der Waals surface area contributed by atoms with E-state index in [0.717, 1.165) is 6.67 Å². The normalized spacial score (nSPS) is 22.2. The molecule has 0 saturated carbocycles. The molecule has 0 amide bonds. The van der Waals surface area contributed by atoms with Crippen molar-refractivity contribution in [1.82, 2.24) is 10.2 Å². The van der Waals surface area contributed by atoms with Crippen LogP contribution in [-0.4, -0.2) is 25.2 Å². The first kappa shape index (κ1) is 6.62. The molecule has 1 aliphatic heterocycles. The second-order valence-electron chi connectivity index (χ2n) is 2.59. The highest BCUT2D eigenvalue weighted by molar-refractivity contribution is 4.96. The number of nitrogens with one attached hydrogen (secondary N) is 1. The quantitative estimate of drug-likeness (QED) is 0.516. The molecule has 1 N–H and O–H groups in total. The van der Waals surface area contributed by atoms with Gasteiger partial charge >= 0.3 is 0 Å². The highest BCUT2D eigenvalue weighted by Gasteiger charge is 1.99. The first-order valence-electron chi connectivity index (χ1n) is 3.38. The minimum Gasteiger partial charge on any atom is -0.376 e. The standard InChI is InChI=1S/C7H14N2/c1-7-4-3-5-9(2)6-8-7/h4,8H,3,5-6H2,1-2H3. The van der Waals surface area contributed by atoms with Crippen molar-refractivity contribution in [3.63, 3.8) is 0 Å². The van der Waals surface area contributed by atoms with Gasteiger partial charge in [0.05, 0.1) is 6.67 Å². The molecule has 0 fully saturated rings. The van der Waals surface area contributed by atoms with Crippen LogP contribution in [0.2, 0.25) is 0 Å². The lowest BCUT2D eigenvalue weighted by Crippen LogP contribution is -2.28. The summed E-state index contributed by atoms with van der Waals surface area (Å²) in [5.74, 6) is 0. The van der Waals surface area contributed by atoms with Crippen LogP contribution < -0.4 is 5.32 Å². The summed E-state index contributed by atoms with van der Waals surface area (Å²) in [5.41, 5.74) is 1.30. The lowest BCUT2D eigenvalue weighted by atomic mass is 10.3. The second kappa shape index (κ2) is 2.87. The molecule has 0 unspecified atom stereocenters. The smallest absolute Gasteiger partial charge is 0.0672 e. The van der Waals surface area contributed by atoms with Crippen LogP contribution in [0.15, 0.2) is 11.8 Å². The first-order chi connectivity index (χ1) is 4.29. The summed E-state index contributed by atoms with van der Waals surface area (Å²) in [6.45, 7) is 4.27. The lowest BCUT2D eigenvalue weighted by Gasteiger charge is -2.12. The fourth-order valence-corrected chi connectivity index (χ4v) is 0.912. The van der Waals surface area contributed by atoms with Gasteiger partial charge in [-0.15, -0.1) is 0 Å².